The maximum Gasteiger partial charge on any atom is 0.269 e. The van der Waals surface area contributed by atoms with E-state index < -0.39 is 4.92 Å². The Morgan fingerprint density at radius 2 is 1.75 bits per heavy atom. The van der Waals surface area contributed by atoms with Crippen molar-refractivity contribution in [2.75, 3.05) is 37.0 Å². The third-order valence-electron chi connectivity index (χ3n) is 5.89. The first-order valence-electron chi connectivity index (χ1n) is 10.6. The Morgan fingerprint density at radius 1 is 1.06 bits per heavy atom. The Kier molecular flexibility index (Phi) is 6.07. The summed E-state index contributed by atoms with van der Waals surface area (Å²) in [5.41, 5.74) is 5.11. The molecule has 7 heteroatoms. The van der Waals surface area contributed by atoms with E-state index in [-0.39, 0.29) is 17.6 Å². The zero-order valence-corrected chi connectivity index (χ0v) is 18.2. The van der Waals surface area contributed by atoms with E-state index in [9.17, 15) is 14.9 Å². The van der Waals surface area contributed by atoms with Gasteiger partial charge in [-0.3, -0.25) is 14.9 Å². The van der Waals surface area contributed by atoms with Crippen LogP contribution in [0.15, 0.2) is 72.8 Å². The quantitative estimate of drug-likeness (QED) is 0.449. The van der Waals surface area contributed by atoms with Crippen molar-refractivity contribution in [1.82, 2.24) is 5.32 Å². The maximum absolute atomic E-state index is 12.8. The lowest BCUT2D eigenvalue weighted by atomic mass is 10.0. The number of para-hydroxylation sites is 1. The molecular weight excluding hydrogens is 404 g/mol. The van der Waals surface area contributed by atoms with Crippen molar-refractivity contribution in [2.45, 2.75) is 12.5 Å². The lowest BCUT2D eigenvalue weighted by Gasteiger charge is -2.31. The fraction of sp³-hybridized carbons (Fsp3) is 0.240. The molecule has 0 radical (unpaired) electrons. The van der Waals surface area contributed by atoms with E-state index >= 15 is 0 Å². The zero-order valence-electron chi connectivity index (χ0n) is 18.2. The number of amides is 1. The number of hydrogen-bond acceptors (Lipinski definition) is 5. The van der Waals surface area contributed by atoms with Gasteiger partial charge in [0.25, 0.3) is 11.6 Å². The Morgan fingerprint density at radius 3 is 2.41 bits per heavy atom. The molecule has 1 aliphatic heterocycles. The third-order valence-corrected chi connectivity index (χ3v) is 5.89. The van der Waals surface area contributed by atoms with Gasteiger partial charge in [0.05, 0.1) is 11.0 Å². The average Bonchev–Trinajstić information content (AvgIpc) is 3.23. The lowest BCUT2D eigenvalue weighted by molar-refractivity contribution is -0.384. The van der Waals surface area contributed by atoms with Crippen molar-refractivity contribution in [3.05, 3.63) is 99.6 Å². The summed E-state index contributed by atoms with van der Waals surface area (Å²) in [6, 6.07) is 22.4. The molecule has 0 saturated carbocycles. The highest BCUT2D eigenvalue weighted by Gasteiger charge is 2.27. The molecule has 0 saturated heterocycles. The van der Waals surface area contributed by atoms with Crippen LogP contribution >= 0.6 is 0 Å². The molecule has 32 heavy (non-hydrogen) atoms. The second kappa shape index (κ2) is 9.09. The van der Waals surface area contributed by atoms with Crippen LogP contribution in [0.3, 0.4) is 0 Å². The minimum Gasteiger partial charge on any atom is -0.378 e. The number of fused-ring (bicyclic) bond motifs is 1. The van der Waals surface area contributed by atoms with Crippen LogP contribution in [0.5, 0.6) is 0 Å². The molecule has 0 spiro atoms. The monoisotopic (exact) mass is 430 g/mol. The largest absolute Gasteiger partial charge is 0.378 e. The number of anilines is 2. The molecule has 1 aliphatic rings. The number of carbonyl (C=O) groups is 1. The minimum absolute atomic E-state index is 0.0307. The number of benzene rings is 3. The molecule has 3 aromatic rings. The highest BCUT2D eigenvalue weighted by atomic mass is 16.6. The average molecular weight is 431 g/mol. The molecule has 0 aliphatic carbocycles. The van der Waals surface area contributed by atoms with Gasteiger partial charge in [0.1, 0.15) is 0 Å². The van der Waals surface area contributed by atoms with Gasteiger partial charge in [-0.25, -0.2) is 0 Å². The minimum atomic E-state index is -0.472. The fourth-order valence-electron chi connectivity index (χ4n) is 4.12. The molecule has 0 bridgehead atoms. The molecule has 1 heterocycles. The summed E-state index contributed by atoms with van der Waals surface area (Å²) >= 11 is 0. The van der Waals surface area contributed by atoms with Crippen molar-refractivity contribution in [3.8, 4) is 0 Å². The van der Waals surface area contributed by atoms with Crippen molar-refractivity contribution >= 4 is 23.0 Å². The Balaban J connectivity index is 1.57. The Labute approximate surface area is 187 Å². The number of non-ortho nitro benzene ring substituents is 1. The molecule has 0 fully saturated rings. The maximum atomic E-state index is 12.8. The molecular formula is C25H26N4O3. The summed E-state index contributed by atoms with van der Waals surface area (Å²) in [5, 5.41) is 13.9. The molecule has 164 valence electrons. The van der Waals surface area contributed by atoms with Gasteiger partial charge in [0, 0.05) is 56.3 Å². The van der Waals surface area contributed by atoms with E-state index in [1.165, 1.54) is 35.5 Å². The fourth-order valence-corrected chi connectivity index (χ4v) is 4.12. The number of nitro groups is 1. The second-order valence-electron chi connectivity index (χ2n) is 8.09. The first kappa shape index (κ1) is 21.4. The van der Waals surface area contributed by atoms with E-state index in [4.69, 9.17) is 0 Å². The molecule has 7 nitrogen and oxygen atoms in total. The summed E-state index contributed by atoms with van der Waals surface area (Å²) in [6.45, 7) is 1.30. The van der Waals surface area contributed by atoms with Gasteiger partial charge in [0.15, 0.2) is 0 Å². The number of nitro benzene ring substituents is 1. The van der Waals surface area contributed by atoms with Gasteiger partial charge in [-0.05, 0) is 47.9 Å². The van der Waals surface area contributed by atoms with E-state index in [2.05, 4.69) is 57.6 Å². The SMILES string of the molecule is CN(C)c1ccc(C(CNC(=O)c2ccc([N+](=O)[O-])cc2)N2CCc3ccccc32)cc1. The van der Waals surface area contributed by atoms with Gasteiger partial charge < -0.3 is 15.1 Å². The van der Waals surface area contributed by atoms with E-state index in [1.807, 2.05) is 20.2 Å². The van der Waals surface area contributed by atoms with Crippen molar-refractivity contribution < 1.29 is 9.72 Å². The Bertz CT molecular complexity index is 1110. The Hall–Kier alpha value is -3.87. The van der Waals surface area contributed by atoms with Crippen LogP contribution in [0, 0.1) is 10.1 Å². The summed E-state index contributed by atoms with van der Waals surface area (Å²) < 4.78 is 0. The van der Waals surface area contributed by atoms with Gasteiger partial charge in [-0.1, -0.05) is 30.3 Å². The number of nitrogens with zero attached hydrogens (tertiary/aromatic N) is 3. The molecule has 1 amide bonds. The van der Waals surface area contributed by atoms with Gasteiger partial charge in [-0.15, -0.1) is 0 Å². The molecule has 1 atom stereocenters. The predicted molar refractivity (Wildman–Crippen MR) is 126 cm³/mol. The van der Waals surface area contributed by atoms with Gasteiger partial charge >= 0.3 is 0 Å². The van der Waals surface area contributed by atoms with Crippen LogP contribution in [-0.2, 0) is 6.42 Å². The zero-order chi connectivity index (χ0) is 22.7. The second-order valence-corrected chi connectivity index (χ2v) is 8.09. The molecule has 1 N–H and O–H groups in total. The molecule has 0 aromatic heterocycles. The van der Waals surface area contributed by atoms with Gasteiger partial charge in [-0.2, -0.15) is 0 Å². The standard InChI is InChI=1S/C25H26N4O3/c1-27(2)21-11-7-19(8-12-21)24(28-16-15-18-5-3-4-6-23(18)28)17-26-25(30)20-9-13-22(14-10-20)29(31)32/h3-14,24H,15-17H2,1-2H3,(H,26,30). The third kappa shape index (κ3) is 4.42. The summed E-state index contributed by atoms with van der Waals surface area (Å²) in [6.07, 6.45) is 0.971. The van der Waals surface area contributed by atoms with Crippen LogP contribution < -0.4 is 15.1 Å². The van der Waals surface area contributed by atoms with Crippen LogP contribution in [0.25, 0.3) is 0 Å². The highest BCUT2D eigenvalue weighted by molar-refractivity contribution is 5.94. The molecule has 4 rings (SSSR count). The summed E-state index contributed by atoms with van der Waals surface area (Å²) in [7, 11) is 4.02. The van der Waals surface area contributed by atoms with Crippen LogP contribution in [0.4, 0.5) is 17.1 Å². The van der Waals surface area contributed by atoms with Crippen molar-refractivity contribution in [3.63, 3.8) is 0 Å². The smallest absolute Gasteiger partial charge is 0.269 e. The number of rotatable bonds is 7. The number of nitrogens with one attached hydrogen (secondary N) is 1. The van der Waals surface area contributed by atoms with E-state index in [0.717, 1.165) is 24.2 Å². The molecule has 1 unspecified atom stereocenters. The highest BCUT2D eigenvalue weighted by Crippen LogP contribution is 2.35. The first-order valence-corrected chi connectivity index (χ1v) is 10.6. The van der Waals surface area contributed by atoms with Crippen molar-refractivity contribution in [1.29, 1.82) is 0 Å². The topological polar surface area (TPSA) is 78.7 Å². The van der Waals surface area contributed by atoms with Gasteiger partial charge in [0.2, 0.25) is 0 Å². The van der Waals surface area contributed by atoms with Crippen LogP contribution in [0.1, 0.15) is 27.5 Å². The number of carbonyl (C=O) groups excluding carboxylic acids is 1. The normalized spacial score (nSPS) is 13.4. The number of hydrogen-bond donors (Lipinski definition) is 1. The van der Waals surface area contributed by atoms with Crippen LogP contribution in [0.2, 0.25) is 0 Å². The summed E-state index contributed by atoms with van der Waals surface area (Å²) in [4.78, 5) is 27.6. The van der Waals surface area contributed by atoms with Crippen LogP contribution in [-0.4, -0.2) is 38.0 Å². The van der Waals surface area contributed by atoms with Crippen molar-refractivity contribution in [2.24, 2.45) is 0 Å². The van der Waals surface area contributed by atoms with E-state index in [0.29, 0.717) is 12.1 Å². The lowest BCUT2D eigenvalue weighted by Crippen LogP contribution is -2.37. The first-order chi connectivity index (χ1) is 15.4. The molecule has 3 aromatic carbocycles. The summed E-state index contributed by atoms with van der Waals surface area (Å²) in [5.74, 6) is -0.248. The van der Waals surface area contributed by atoms with E-state index in [1.54, 1.807) is 0 Å². The predicted octanol–water partition coefficient (Wildman–Crippen LogP) is 4.19.